The maximum atomic E-state index is 11.0. The number of aliphatic carboxylic acids is 1. The highest BCUT2D eigenvalue weighted by molar-refractivity contribution is 5.68. The van der Waals surface area contributed by atoms with E-state index in [0.717, 1.165) is 11.1 Å². The molecule has 0 aliphatic heterocycles. The molecule has 98 valence electrons. The third-order valence-electron chi connectivity index (χ3n) is 3.13. The van der Waals surface area contributed by atoms with E-state index in [-0.39, 0.29) is 18.4 Å². The number of hydrogen-bond acceptors (Lipinski definition) is 3. The summed E-state index contributed by atoms with van der Waals surface area (Å²) in [5.74, 6) is -1.14. The van der Waals surface area contributed by atoms with E-state index >= 15 is 0 Å². The topological polar surface area (TPSA) is 76.2 Å². The molecule has 4 nitrogen and oxygen atoms in total. The van der Waals surface area contributed by atoms with Gasteiger partial charge in [0.25, 0.3) is 0 Å². The van der Waals surface area contributed by atoms with Crippen molar-refractivity contribution < 1.29 is 9.90 Å². The number of pyridine rings is 1. The Labute approximate surface area is 111 Å². The van der Waals surface area contributed by atoms with Gasteiger partial charge in [-0.25, -0.2) is 0 Å². The van der Waals surface area contributed by atoms with Crippen LogP contribution in [0.2, 0.25) is 0 Å². The fourth-order valence-electron chi connectivity index (χ4n) is 2.14. The molecule has 2 unspecified atom stereocenters. The Morgan fingerprint density at radius 2 is 1.84 bits per heavy atom. The minimum Gasteiger partial charge on any atom is -0.481 e. The van der Waals surface area contributed by atoms with Gasteiger partial charge >= 0.3 is 5.97 Å². The molecule has 3 N–H and O–H groups in total. The minimum atomic E-state index is -0.861. The quantitative estimate of drug-likeness (QED) is 0.860. The van der Waals surface area contributed by atoms with Crippen molar-refractivity contribution in [1.29, 1.82) is 0 Å². The summed E-state index contributed by atoms with van der Waals surface area (Å²) in [4.78, 5) is 15.1. The zero-order valence-electron chi connectivity index (χ0n) is 10.4. The lowest BCUT2D eigenvalue weighted by atomic mass is 9.86. The molecular weight excluding hydrogens is 240 g/mol. The van der Waals surface area contributed by atoms with Crippen LogP contribution in [0.5, 0.6) is 0 Å². The third-order valence-corrected chi connectivity index (χ3v) is 3.13. The molecule has 0 aliphatic rings. The number of nitrogens with two attached hydrogens (primary N) is 1. The molecule has 0 aliphatic carbocycles. The van der Waals surface area contributed by atoms with E-state index in [2.05, 4.69) is 4.98 Å². The lowest BCUT2D eigenvalue weighted by Crippen LogP contribution is -2.22. The maximum absolute atomic E-state index is 11.0. The average molecular weight is 256 g/mol. The van der Waals surface area contributed by atoms with Crippen LogP contribution in [-0.4, -0.2) is 16.1 Å². The number of hydrogen-bond donors (Lipinski definition) is 2. The summed E-state index contributed by atoms with van der Waals surface area (Å²) in [5, 5.41) is 9.07. The number of rotatable bonds is 5. The molecule has 0 spiro atoms. The molecule has 0 radical (unpaired) electrons. The molecule has 2 aromatic rings. The number of carboxylic acids is 1. The van der Waals surface area contributed by atoms with Crippen molar-refractivity contribution in [1.82, 2.24) is 4.98 Å². The first-order valence-electron chi connectivity index (χ1n) is 6.10. The van der Waals surface area contributed by atoms with Gasteiger partial charge in [0.1, 0.15) is 0 Å². The Bertz CT molecular complexity index is 528. The minimum absolute atomic E-state index is 0.0121. The molecule has 0 bridgehead atoms. The monoisotopic (exact) mass is 256 g/mol. The second kappa shape index (κ2) is 6.11. The Hall–Kier alpha value is -2.20. The van der Waals surface area contributed by atoms with Gasteiger partial charge in [0, 0.05) is 24.4 Å². The zero-order valence-corrected chi connectivity index (χ0v) is 10.4. The first kappa shape index (κ1) is 13.2. The van der Waals surface area contributed by atoms with Crippen LogP contribution in [0.3, 0.4) is 0 Å². The van der Waals surface area contributed by atoms with Crippen LogP contribution >= 0.6 is 0 Å². The van der Waals surface area contributed by atoms with Gasteiger partial charge in [-0.1, -0.05) is 36.4 Å². The Balaban J connectivity index is 2.30. The second-order valence-corrected chi connectivity index (χ2v) is 4.43. The standard InChI is InChI=1S/C15H16N2O2/c16-15(11-5-2-1-3-6-11)13(9-14(18)19)12-7-4-8-17-10-12/h1-8,10,13,15H,9,16H2,(H,18,19). The van der Waals surface area contributed by atoms with Crippen molar-refractivity contribution in [3.63, 3.8) is 0 Å². The lowest BCUT2D eigenvalue weighted by Gasteiger charge is -2.23. The molecule has 1 aromatic carbocycles. The van der Waals surface area contributed by atoms with E-state index in [4.69, 9.17) is 10.8 Å². The molecule has 0 saturated carbocycles. The largest absolute Gasteiger partial charge is 0.481 e. The molecule has 0 amide bonds. The van der Waals surface area contributed by atoms with Gasteiger partial charge in [0.2, 0.25) is 0 Å². The predicted molar refractivity (Wildman–Crippen MR) is 72.6 cm³/mol. The predicted octanol–water partition coefficient (Wildman–Crippen LogP) is 2.34. The summed E-state index contributed by atoms with van der Waals surface area (Å²) < 4.78 is 0. The summed E-state index contributed by atoms with van der Waals surface area (Å²) in [6, 6.07) is 12.8. The summed E-state index contributed by atoms with van der Waals surface area (Å²) in [6.45, 7) is 0. The number of nitrogens with zero attached hydrogens (tertiary/aromatic N) is 1. The summed E-state index contributed by atoms with van der Waals surface area (Å²) in [6.07, 6.45) is 3.33. The molecule has 4 heteroatoms. The molecule has 19 heavy (non-hydrogen) atoms. The maximum Gasteiger partial charge on any atom is 0.304 e. The second-order valence-electron chi connectivity index (χ2n) is 4.43. The van der Waals surface area contributed by atoms with Crippen molar-refractivity contribution in [2.24, 2.45) is 5.73 Å². The van der Waals surface area contributed by atoms with Gasteiger partial charge in [0.15, 0.2) is 0 Å². The van der Waals surface area contributed by atoms with Crippen LogP contribution < -0.4 is 5.73 Å². The summed E-state index contributed by atoms with van der Waals surface area (Å²) in [7, 11) is 0. The molecule has 1 heterocycles. The molecule has 2 rings (SSSR count). The molecule has 0 fully saturated rings. The average Bonchev–Trinajstić information content (AvgIpc) is 2.46. The van der Waals surface area contributed by atoms with Crippen LogP contribution in [0.1, 0.15) is 29.5 Å². The van der Waals surface area contributed by atoms with Crippen molar-refractivity contribution in [3.05, 3.63) is 66.0 Å². The molecule has 1 aromatic heterocycles. The smallest absolute Gasteiger partial charge is 0.304 e. The van der Waals surface area contributed by atoms with Crippen LogP contribution in [0, 0.1) is 0 Å². The van der Waals surface area contributed by atoms with Crippen LogP contribution in [0.15, 0.2) is 54.9 Å². The number of carboxylic acid groups (broad SMARTS) is 1. The number of benzene rings is 1. The van der Waals surface area contributed by atoms with Gasteiger partial charge < -0.3 is 10.8 Å². The van der Waals surface area contributed by atoms with E-state index < -0.39 is 5.97 Å². The van der Waals surface area contributed by atoms with Gasteiger partial charge in [-0.2, -0.15) is 0 Å². The molecular formula is C15H16N2O2. The van der Waals surface area contributed by atoms with Gasteiger partial charge in [-0.15, -0.1) is 0 Å². The molecule has 0 saturated heterocycles. The Kier molecular flexibility index (Phi) is 4.26. The van der Waals surface area contributed by atoms with Crippen LogP contribution in [0.25, 0.3) is 0 Å². The van der Waals surface area contributed by atoms with E-state index in [1.54, 1.807) is 18.5 Å². The van der Waals surface area contributed by atoms with E-state index in [0.29, 0.717) is 0 Å². The number of carbonyl (C=O) groups is 1. The van der Waals surface area contributed by atoms with E-state index in [1.807, 2.05) is 36.4 Å². The van der Waals surface area contributed by atoms with Crippen molar-refractivity contribution in [2.45, 2.75) is 18.4 Å². The Morgan fingerprint density at radius 1 is 1.16 bits per heavy atom. The first-order chi connectivity index (χ1) is 9.18. The SMILES string of the molecule is NC(c1ccccc1)C(CC(=O)O)c1cccnc1. The fourth-order valence-corrected chi connectivity index (χ4v) is 2.14. The normalized spacial score (nSPS) is 13.7. The first-order valence-corrected chi connectivity index (χ1v) is 6.10. The van der Waals surface area contributed by atoms with Crippen LogP contribution in [0.4, 0.5) is 0 Å². The lowest BCUT2D eigenvalue weighted by molar-refractivity contribution is -0.137. The fraction of sp³-hybridized carbons (Fsp3) is 0.200. The van der Waals surface area contributed by atoms with Crippen molar-refractivity contribution >= 4 is 5.97 Å². The van der Waals surface area contributed by atoms with Gasteiger partial charge in [0.05, 0.1) is 6.42 Å². The highest BCUT2D eigenvalue weighted by Crippen LogP contribution is 2.31. The van der Waals surface area contributed by atoms with Gasteiger partial charge in [-0.05, 0) is 17.2 Å². The molecule has 2 atom stereocenters. The Morgan fingerprint density at radius 3 is 2.42 bits per heavy atom. The number of aromatic nitrogens is 1. The highest BCUT2D eigenvalue weighted by Gasteiger charge is 2.24. The zero-order chi connectivity index (χ0) is 13.7. The van der Waals surface area contributed by atoms with Gasteiger partial charge in [-0.3, -0.25) is 9.78 Å². The van der Waals surface area contributed by atoms with E-state index in [9.17, 15) is 4.79 Å². The van der Waals surface area contributed by atoms with E-state index in [1.165, 1.54) is 0 Å². The van der Waals surface area contributed by atoms with Crippen molar-refractivity contribution in [2.75, 3.05) is 0 Å². The summed E-state index contributed by atoms with van der Waals surface area (Å²) >= 11 is 0. The highest BCUT2D eigenvalue weighted by atomic mass is 16.4. The van der Waals surface area contributed by atoms with Crippen LogP contribution in [-0.2, 0) is 4.79 Å². The van der Waals surface area contributed by atoms with Crippen molar-refractivity contribution in [3.8, 4) is 0 Å². The third kappa shape index (κ3) is 3.39. The summed E-state index contributed by atoms with van der Waals surface area (Å²) in [5.41, 5.74) is 8.01.